The number of aromatic amines is 1. The molecule has 0 radical (unpaired) electrons. The number of rotatable bonds is 2. The summed E-state index contributed by atoms with van der Waals surface area (Å²) >= 11 is 0. The van der Waals surface area contributed by atoms with Crippen molar-refractivity contribution in [1.29, 1.82) is 0 Å². The number of furan rings is 1. The van der Waals surface area contributed by atoms with Gasteiger partial charge in [-0.15, -0.1) is 0 Å². The minimum Gasteiger partial charge on any atom is -0.464 e. The van der Waals surface area contributed by atoms with Crippen LogP contribution in [0, 0.1) is 6.92 Å². The molecule has 0 aliphatic carbocycles. The van der Waals surface area contributed by atoms with Gasteiger partial charge in [0.25, 0.3) is 5.56 Å². The number of nitrogens with one attached hydrogen (secondary N) is 1. The van der Waals surface area contributed by atoms with E-state index in [9.17, 15) is 9.59 Å². The predicted octanol–water partition coefficient (Wildman–Crippen LogP) is 2.88. The molecule has 0 saturated heterocycles. The summed E-state index contributed by atoms with van der Waals surface area (Å²) in [7, 11) is 1.67. The van der Waals surface area contributed by atoms with Crippen molar-refractivity contribution in [1.82, 2.24) is 14.5 Å². The maximum Gasteiger partial charge on any atom is 0.328 e. The molecule has 140 valence electrons. The Morgan fingerprint density at radius 2 is 2.04 bits per heavy atom. The summed E-state index contributed by atoms with van der Waals surface area (Å²) in [6.45, 7) is 2.54. The number of pyridine rings is 1. The van der Waals surface area contributed by atoms with Crippen molar-refractivity contribution in [2.24, 2.45) is 7.05 Å². The Labute approximate surface area is 159 Å². The second kappa shape index (κ2) is 5.95. The maximum absolute atomic E-state index is 12.1. The standard InChI is InChI=1S/C21H18N4O3/c1-12-18(24(2)21(27)23-20(12)26)14-3-4-16-13(11-14)6-9-25(16)19-15-7-10-28-17(15)5-8-22-19/h3-5,7-8,10-11H,6,9H2,1-2H3,(H,23,26,27). The van der Waals surface area contributed by atoms with E-state index in [0.717, 1.165) is 46.6 Å². The third-order valence-electron chi connectivity index (χ3n) is 5.42. The van der Waals surface area contributed by atoms with Crippen molar-refractivity contribution in [3.05, 3.63) is 74.8 Å². The highest BCUT2D eigenvalue weighted by Gasteiger charge is 2.24. The summed E-state index contributed by atoms with van der Waals surface area (Å²) in [6.07, 6.45) is 4.28. The topological polar surface area (TPSA) is 84.1 Å². The first kappa shape index (κ1) is 16.6. The second-order valence-corrected chi connectivity index (χ2v) is 7.00. The molecule has 4 heterocycles. The summed E-state index contributed by atoms with van der Waals surface area (Å²) in [5.41, 5.74) is 4.32. The van der Waals surface area contributed by atoms with Gasteiger partial charge < -0.3 is 9.32 Å². The molecule has 7 heteroatoms. The molecule has 3 aromatic heterocycles. The molecular weight excluding hydrogens is 356 g/mol. The summed E-state index contributed by atoms with van der Waals surface area (Å²) in [4.78, 5) is 33.2. The quantitative estimate of drug-likeness (QED) is 0.583. The number of benzene rings is 1. The highest BCUT2D eigenvalue weighted by Crippen LogP contribution is 2.38. The molecule has 1 aromatic carbocycles. The summed E-state index contributed by atoms with van der Waals surface area (Å²) in [5.74, 6) is 0.873. The molecule has 7 nitrogen and oxygen atoms in total. The van der Waals surface area contributed by atoms with E-state index in [1.807, 2.05) is 24.3 Å². The molecule has 1 N–H and O–H groups in total. The zero-order chi connectivity index (χ0) is 19.4. The first-order chi connectivity index (χ1) is 13.5. The van der Waals surface area contributed by atoms with Gasteiger partial charge in [0.2, 0.25) is 0 Å². The maximum atomic E-state index is 12.1. The number of hydrogen-bond acceptors (Lipinski definition) is 5. The fourth-order valence-corrected chi connectivity index (χ4v) is 4.01. The van der Waals surface area contributed by atoms with E-state index in [0.29, 0.717) is 11.3 Å². The molecule has 5 rings (SSSR count). The highest BCUT2D eigenvalue weighted by atomic mass is 16.3. The third-order valence-corrected chi connectivity index (χ3v) is 5.42. The van der Waals surface area contributed by atoms with Gasteiger partial charge in [-0.2, -0.15) is 0 Å². The van der Waals surface area contributed by atoms with E-state index in [-0.39, 0.29) is 5.56 Å². The van der Waals surface area contributed by atoms with Crippen LogP contribution in [0.25, 0.3) is 22.2 Å². The molecule has 0 atom stereocenters. The molecule has 0 amide bonds. The Morgan fingerprint density at radius 3 is 2.89 bits per heavy atom. The highest BCUT2D eigenvalue weighted by molar-refractivity contribution is 5.92. The fourth-order valence-electron chi connectivity index (χ4n) is 4.01. The van der Waals surface area contributed by atoms with E-state index in [4.69, 9.17) is 4.42 Å². The van der Waals surface area contributed by atoms with Gasteiger partial charge in [-0.25, -0.2) is 9.78 Å². The van der Waals surface area contributed by atoms with Crippen LogP contribution in [0.2, 0.25) is 0 Å². The monoisotopic (exact) mass is 374 g/mol. The molecule has 0 bridgehead atoms. The molecule has 1 aliphatic heterocycles. The number of anilines is 2. The Kier molecular flexibility index (Phi) is 3.52. The first-order valence-electron chi connectivity index (χ1n) is 9.07. The van der Waals surface area contributed by atoms with Crippen molar-refractivity contribution in [2.75, 3.05) is 11.4 Å². The lowest BCUT2D eigenvalue weighted by atomic mass is 10.0. The molecule has 0 fully saturated rings. The Morgan fingerprint density at radius 1 is 1.18 bits per heavy atom. The van der Waals surface area contributed by atoms with Gasteiger partial charge in [0.05, 0.1) is 17.3 Å². The Bertz CT molecular complexity index is 1310. The average molecular weight is 374 g/mol. The van der Waals surface area contributed by atoms with E-state index >= 15 is 0 Å². The van der Waals surface area contributed by atoms with Crippen LogP contribution in [0.3, 0.4) is 0 Å². The van der Waals surface area contributed by atoms with E-state index in [2.05, 4.69) is 20.9 Å². The molecule has 0 saturated carbocycles. The molecule has 1 aliphatic rings. The smallest absolute Gasteiger partial charge is 0.328 e. The number of aromatic nitrogens is 3. The van der Waals surface area contributed by atoms with Crippen LogP contribution in [0.4, 0.5) is 11.5 Å². The predicted molar refractivity (Wildman–Crippen MR) is 107 cm³/mol. The van der Waals surface area contributed by atoms with Gasteiger partial charge in [0.15, 0.2) is 0 Å². The molecule has 4 aromatic rings. The summed E-state index contributed by atoms with van der Waals surface area (Å²) < 4.78 is 6.99. The van der Waals surface area contributed by atoms with Crippen LogP contribution in [-0.4, -0.2) is 21.1 Å². The van der Waals surface area contributed by atoms with Crippen molar-refractivity contribution in [3.8, 4) is 11.3 Å². The number of hydrogen-bond donors (Lipinski definition) is 1. The van der Waals surface area contributed by atoms with Crippen molar-refractivity contribution < 1.29 is 4.42 Å². The van der Waals surface area contributed by atoms with E-state index in [1.54, 1.807) is 26.4 Å². The van der Waals surface area contributed by atoms with E-state index in [1.165, 1.54) is 4.57 Å². The van der Waals surface area contributed by atoms with Crippen LogP contribution in [-0.2, 0) is 13.5 Å². The van der Waals surface area contributed by atoms with Gasteiger partial charge in [0, 0.05) is 31.0 Å². The zero-order valence-electron chi connectivity index (χ0n) is 15.5. The lowest BCUT2D eigenvalue weighted by molar-refractivity contribution is 0.615. The number of fused-ring (bicyclic) bond motifs is 2. The lowest BCUT2D eigenvalue weighted by Crippen LogP contribution is -2.31. The van der Waals surface area contributed by atoms with Gasteiger partial charge in [-0.1, -0.05) is 6.07 Å². The average Bonchev–Trinajstić information content (AvgIpc) is 3.33. The van der Waals surface area contributed by atoms with Crippen molar-refractivity contribution in [3.63, 3.8) is 0 Å². The van der Waals surface area contributed by atoms with Crippen molar-refractivity contribution >= 4 is 22.5 Å². The van der Waals surface area contributed by atoms with Crippen LogP contribution >= 0.6 is 0 Å². The molecule has 0 spiro atoms. The zero-order valence-corrected chi connectivity index (χ0v) is 15.5. The molecule has 28 heavy (non-hydrogen) atoms. The van der Waals surface area contributed by atoms with Crippen molar-refractivity contribution in [2.45, 2.75) is 13.3 Å². The largest absolute Gasteiger partial charge is 0.464 e. The van der Waals surface area contributed by atoms with Crippen LogP contribution in [0.15, 0.2) is 56.8 Å². The summed E-state index contributed by atoms with van der Waals surface area (Å²) in [5, 5.41) is 0.979. The normalized spacial score (nSPS) is 13.3. The molecular formula is C21H18N4O3. The first-order valence-corrected chi connectivity index (χ1v) is 9.07. The minimum atomic E-state index is -0.413. The number of H-pyrrole nitrogens is 1. The third kappa shape index (κ3) is 2.32. The van der Waals surface area contributed by atoms with Crippen LogP contribution in [0.5, 0.6) is 0 Å². The van der Waals surface area contributed by atoms with Gasteiger partial charge >= 0.3 is 5.69 Å². The van der Waals surface area contributed by atoms with Gasteiger partial charge in [-0.05, 0) is 48.7 Å². The van der Waals surface area contributed by atoms with Crippen LogP contribution in [0.1, 0.15) is 11.1 Å². The SMILES string of the molecule is Cc1c(-c2ccc3c(c2)CCN3c2nccc3occc23)n(C)c(=O)[nH]c1=O. The van der Waals surface area contributed by atoms with Gasteiger partial charge in [0.1, 0.15) is 11.4 Å². The fraction of sp³-hybridized carbons (Fsp3) is 0.190. The Balaban J connectivity index is 1.64. The van der Waals surface area contributed by atoms with Crippen LogP contribution < -0.4 is 16.1 Å². The molecule has 0 unspecified atom stereocenters. The minimum absolute atomic E-state index is 0.351. The van der Waals surface area contributed by atoms with Gasteiger partial charge in [-0.3, -0.25) is 14.3 Å². The summed E-state index contributed by atoms with van der Waals surface area (Å²) in [6, 6.07) is 9.83. The second-order valence-electron chi connectivity index (χ2n) is 7.00. The Hall–Kier alpha value is -3.61. The number of nitrogens with zero attached hydrogens (tertiary/aromatic N) is 3. The lowest BCUT2D eigenvalue weighted by Gasteiger charge is -2.19. The van der Waals surface area contributed by atoms with E-state index < -0.39 is 5.69 Å².